The molecule has 21 heavy (non-hydrogen) atoms. The van der Waals surface area contributed by atoms with Gasteiger partial charge in [0.25, 0.3) is 0 Å². The number of nitrogens with one attached hydrogen (secondary N) is 1. The number of carbonyl (C=O) groups excluding carboxylic acids is 1. The van der Waals surface area contributed by atoms with Gasteiger partial charge in [0.15, 0.2) is 0 Å². The van der Waals surface area contributed by atoms with Gasteiger partial charge < -0.3 is 15.0 Å². The van der Waals surface area contributed by atoms with Crippen LogP contribution in [0.1, 0.15) is 13.3 Å². The molecule has 1 atom stereocenters. The summed E-state index contributed by atoms with van der Waals surface area (Å²) in [7, 11) is 0. The van der Waals surface area contributed by atoms with Crippen LogP contribution >= 0.6 is 23.2 Å². The van der Waals surface area contributed by atoms with Crippen molar-refractivity contribution in [2.45, 2.75) is 17.7 Å². The molecule has 1 aliphatic carbocycles. The molecule has 1 N–H and O–H groups in total. The number of hydrogen-bond acceptors (Lipinski definition) is 4. The first-order valence-electron chi connectivity index (χ1n) is 6.90. The summed E-state index contributed by atoms with van der Waals surface area (Å²) in [6, 6.07) is 3.73. The monoisotopic (exact) mass is 329 g/mol. The molecular weight excluding hydrogens is 313 g/mol. The Labute approximate surface area is 133 Å². The van der Waals surface area contributed by atoms with E-state index in [1.807, 2.05) is 12.1 Å². The van der Waals surface area contributed by atoms with Crippen LogP contribution in [0.3, 0.4) is 0 Å². The van der Waals surface area contributed by atoms with Crippen molar-refractivity contribution in [3.8, 4) is 0 Å². The average Bonchev–Trinajstić information content (AvgIpc) is 3.01. The van der Waals surface area contributed by atoms with Gasteiger partial charge in [-0.3, -0.25) is 4.79 Å². The van der Waals surface area contributed by atoms with E-state index in [1.54, 1.807) is 13.1 Å². The molecule has 0 spiro atoms. The summed E-state index contributed by atoms with van der Waals surface area (Å²) in [6.07, 6.45) is 2.12. The first-order chi connectivity index (χ1) is 9.92. The van der Waals surface area contributed by atoms with Crippen molar-refractivity contribution >= 4 is 40.6 Å². The predicted molar refractivity (Wildman–Crippen MR) is 83.1 cm³/mol. The lowest BCUT2D eigenvalue weighted by Gasteiger charge is -2.27. The van der Waals surface area contributed by atoms with E-state index in [1.165, 1.54) is 0 Å². The molecule has 1 aromatic heterocycles. The molecule has 1 aromatic rings. The first-order valence-corrected chi connectivity index (χ1v) is 7.66. The number of halogens is 2. The highest BCUT2D eigenvalue weighted by Crippen LogP contribution is 2.64. The molecule has 2 fully saturated rings. The molecule has 5 nitrogen and oxygen atoms in total. The van der Waals surface area contributed by atoms with Gasteiger partial charge in [-0.05, 0) is 25.5 Å². The Morgan fingerprint density at radius 3 is 2.57 bits per heavy atom. The zero-order valence-electron chi connectivity index (χ0n) is 11.7. The van der Waals surface area contributed by atoms with Gasteiger partial charge in [-0.15, -0.1) is 23.2 Å². The first kappa shape index (κ1) is 14.9. The second-order valence-corrected chi connectivity index (χ2v) is 7.16. The van der Waals surface area contributed by atoms with Crippen molar-refractivity contribution in [1.82, 2.24) is 4.98 Å². The zero-order chi connectivity index (χ0) is 15.1. The molecule has 2 heterocycles. The topological polar surface area (TPSA) is 54.5 Å². The van der Waals surface area contributed by atoms with Crippen LogP contribution in [-0.2, 0) is 9.53 Å². The third-order valence-corrected chi connectivity index (χ3v) is 5.20. The second kappa shape index (κ2) is 5.30. The van der Waals surface area contributed by atoms with Gasteiger partial charge in [0.05, 0.1) is 30.5 Å². The van der Waals surface area contributed by atoms with Gasteiger partial charge in [-0.2, -0.15) is 0 Å². The van der Waals surface area contributed by atoms with E-state index in [0.717, 1.165) is 18.9 Å². The van der Waals surface area contributed by atoms with Gasteiger partial charge >= 0.3 is 0 Å². The standard InChI is InChI=1S/C14H17Cl2N3O2/c1-13(9-14(13,15)16)12(20)18-10-2-3-11(17-8-10)19-4-6-21-7-5-19/h2-3,8H,4-7,9H2,1H3,(H,18,20). The third-order valence-electron chi connectivity index (χ3n) is 4.10. The number of ether oxygens (including phenoxy) is 1. The molecule has 2 aliphatic rings. The molecule has 7 heteroatoms. The van der Waals surface area contributed by atoms with Crippen molar-refractivity contribution in [2.75, 3.05) is 36.5 Å². The summed E-state index contributed by atoms with van der Waals surface area (Å²) in [5.74, 6) is 0.714. The number of anilines is 2. The summed E-state index contributed by atoms with van der Waals surface area (Å²) in [5, 5.41) is 2.82. The molecule has 3 rings (SSSR count). The largest absolute Gasteiger partial charge is 0.378 e. The predicted octanol–water partition coefficient (Wildman–Crippen LogP) is 2.44. The lowest BCUT2D eigenvalue weighted by molar-refractivity contribution is -0.120. The SMILES string of the molecule is CC1(C(=O)Nc2ccc(N3CCOCC3)nc2)CC1(Cl)Cl. The van der Waals surface area contributed by atoms with Gasteiger partial charge in [0.2, 0.25) is 5.91 Å². The van der Waals surface area contributed by atoms with E-state index < -0.39 is 9.75 Å². The van der Waals surface area contributed by atoms with Crippen LogP contribution in [0.2, 0.25) is 0 Å². The Morgan fingerprint density at radius 2 is 2.05 bits per heavy atom. The van der Waals surface area contributed by atoms with Crippen LogP contribution < -0.4 is 10.2 Å². The van der Waals surface area contributed by atoms with Gasteiger partial charge in [-0.25, -0.2) is 4.98 Å². The summed E-state index contributed by atoms with van der Waals surface area (Å²) in [4.78, 5) is 18.7. The highest BCUT2D eigenvalue weighted by atomic mass is 35.5. The highest BCUT2D eigenvalue weighted by Gasteiger charge is 2.67. The maximum absolute atomic E-state index is 12.2. The van der Waals surface area contributed by atoms with Crippen molar-refractivity contribution in [3.05, 3.63) is 18.3 Å². The summed E-state index contributed by atoms with van der Waals surface area (Å²) < 4.78 is 4.35. The molecule has 1 saturated heterocycles. The Hall–Kier alpha value is -1.04. The third kappa shape index (κ3) is 2.82. The van der Waals surface area contributed by atoms with Crippen LogP contribution in [0, 0.1) is 5.41 Å². The summed E-state index contributed by atoms with van der Waals surface area (Å²) >= 11 is 12.0. The molecule has 1 amide bonds. The Kier molecular flexibility index (Phi) is 3.76. The molecule has 0 aromatic carbocycles. The van der Waals surface area contributed by atoms with Gasteiger partial charge in [0.1, 0.15) is 10.2 Å². The van der Waals surface area contributed by atoms with E-state index >= 15 is 0 Å². The van der Waals surface area contributed by atoms with Crippen molar-refractivity contribution in [1.29, 1.82) is 0 Å². The second-order valence-electron chi connectivity index (χ2n) is 5.67. The number of morpholine rings is 1. The van der Waals surface area contributed by atoms with Crippen molar-refractivity contribution < 1.29 is 9.53 Å². The van der Waals surface area contributed by atoms with Crippen LogP contribution in [-0.4, -0.2) is 41.5 Å². The number of aromatic nitrogens is 1. The minimum absolute atomic E-state index is 0.173. The fourth-order valence-corrected chi connectivity index (χ4v) is 3.06. The molecule has 114 valence electrons. The quantitative estimate of drug-likeness (QED) is 0.865. The summed E-state index contributed by atoms with van der Waals surface area (Å²) in [5.41, 5.74) is -0.0758. The van der Waals surface area contributed by atoms with Gasteiger partial charge in [-0.1, -0.05) is 0 Å². The zero-order valence-corrected chi connectivity index (χ0v) is 13.2. The Morgan fingerprint density at radius 1 is 1.38 bits per heavy atom. The number of amides is 1. The minimum atomic E-state index is -0.960. The van der Waals surface area contributed by atoms with Crippen LogP contribution in [0.15, 0.2) is 18.3 Å². The molecule has 0 radical (unpaired) electrons. The molecule has 1 aliphatic heterocycles. The Balaban J connectivity index is 1.63. The van der Waals surface area contributed by atoms with Gasteiger partial charge in [0, 0.05) is 13.1 Å². The number of hydrogen-bond donors (Lipinski definition) is 1. The lowest BCUT2D eigenvalue weighted by atomic mass is 10.1. The highest BCUT2D eigenvalue weighted by molar-refractivity contribution is 6.53. The normalized spacial score (nSPS) is 27.3. The number of rotatable bonds is 3. The average molecular weight is 330 g/mol. The Bertz CT molecular complexity index is 544. The fourth-order valence-electron chi connectivity index (χ4n) is 2.35. The van der Waals surface area contributed by atoms with Crippen LogP contribution in [0.5, 0.6) is 0 Å². The molecular formula is C14H17Cl2N3O2. The number of nitrogens with zero attached hydrogens (tertiary/aromatic N) is 2. The maximum Gasteiger partial charge on any atom is 0.233 e. The van der Waals surface area contributed by atoms with Crippen LogP contribution in [0.25, 0.3) is 0 Å². The summed E-state index contributed by atoms with van der Waals surface area (Å²) in [6.45, 7) is 4.85. The molecule has 1 saturated carbocycles. The number of carbonyl (C=O) groups is 1. The number of pyridine rings is 1. The van der Waals surface area contributed by atoms with E-state index in [0.29, 0.717) is 25.3 Å². The fraction of sp³-hybridized carbons (Fsp3) is 0.571. The maximum atomic E-state index is 12.2. The van der Waals surface area contributed by atoms with E-state index in [4.69, 9.17) is 27.9 Å². The lowest BCUT2D eigenvalue weighted by Crippen LogP contribution is -2.36. The minimum Gasteiger partial charge on any atom is -0.378 e. The van der Waals surface area contributed by atoms with Crippen molar-refractivity contribution in [2.24, 2.45) is 5.41 Å². The van der Waals surface area contributed by atoms with E-state index in [9.17, 15) is 4.79 Å². The van der Waals surface area contributed by atoms with E-state index in [2.05, 4.69) is 15.2 Å². The smallest absolute Gasteiger partial charge is 0.233 e. The van der Waals surface area contributed by atoms with Crippen LogP contribution in [0.4, 0.5) is 11.5 Å². The molecule has 1 unspecified atom stereocenters. The number of alkyl halides is 2. The molecule has 0 bridgehead atoms. The van der Waals surface area contributed by atoms with Crippen molar-refractivity contribution in [3.63, 3.8) is 0 Å². The van der Waals surface area contributed by atoms with E-state index in [-0.39, 0.29) is 5.91 Å².